The lowest BCUT2D eigenvalue weighted by Gasteiger charge is -2.10. The third-order valence-electron chi connectivity index (χ3n) is 3.68. The van der Waals surface area contributed by atoms with Crippen molar-refractivity contribution in [2.24, 2.45) is 0 Å². The molecule has 0 atom stereocenters. The summed E-state index contributed by atoms with van der Waals surface area (Å²) in [4.78, 5) is 23.9. The van der Waals surface area contributed by atoms with Crippen molar-refractivity contribution in [3.05, 3.63) is 90.3 Å². The zero-order valence-electron chi connectivity index (χ0n) is 13.1. The smallest absolute Gasteiger partial charge is 0.264 e. The van der Waals surface area contributed by atoms with E-state index in [2.05, 4.69) is 10.2 Å². The van der Waals surface area contributed by atoms with Crippen molar-refractivity contribution in [2.45, 2.75) is 6.42 Å². The molecular weight excluding hydrogens is 399 g/mol. The van der Waals surface area contributed by atoms with E-state index in [0.29, 0.717) is 21.8 Å². The molecule has 1 aromatic heterocycles. The van der Waals surface area contributed by atoms with Crippen LogP contribution in [-0.4, -0.2) is 21.1 Å². The van der Waals surface area contributed by atoms with Gasteiger partial charge in [-0.1, -0.05) is 34.8 Å². The quantitative estimate of drug-likeness (QED) is 0.631. The first kappa shape index (κ1) is 18.5. The zero-order valence-corrected chi connectivity index (χ0v) is 15.4. The van der Waals surface area contributed by atoms with E-state index in [4.69, 9.17) is 34.8 Å². The number of ketones is 1. The number of nitrogens with zero attached hydrogens (tertiary/aromatic N) is 1. The third kappa shape index (κ3) is 3.90. The molecule has 0 radical (unpaired) electrons. The van der Waals surface area contributed by atoms with Crippen LogP contribution in [0.2, 0.25) is 15.1 Å². The van der Waals surface area contributed by atoms with Gasteiger partial charge in [-0.3, -0.25) is 9.59 Å². The number of aromatic nitrogens is 2. The van der Waals surface area contributed by atoms with Gasteiger partial charge in [-0.15, -0.1) is 0 Å². The number of nitrogens with one attached hydrogen (secondary N) is 1. The summed E-state index contributed by atoms with van der Waals surface area (Å²) in [7, 11) is 0. The van der Waals surface area contributed by atoms with E-state index < -0.39 is 5.78 Å². The van der Waals surface area contributed by atoms with Gasteiger partial charge in [0.05, 0.1) is 21.3 Å². The Morgan fingerprint density at radius 2 is 1.73 bits per heavy atom. The van der Waals surface area contributed by atoms with Gasteiger partial charge in [0.25, 0.3) is 5.56 Å². The Balaban J connectivity index is 1.98. The van der Waals surface area contributed by atoms with Gasteiger partial charge in [-0.2, -0.15) is 5.10 Å². The molecule has 1 heterocycles. The number of carbonyl (C=O) groups excluding carboxylic acids is 1. The molecule has 0 saturated carbocycles. The molecule has 2 N–H and O–H groups in total. The van der Waals surface area contributed by atoms with E-state index in [1.807, 2.05) is 0 Å². The number of halogens is 3. The van der Waals surface area contributed by atoms with Crippen LogP contribution < -0.4 is 5.56 Å². The molecule has 0 aliphatic carbocycles. The lowest BCUT2D eigenvalue weighted by Crippen LogP contribution is -2.08. The van der Waals surface area contributed by atoms with Crippen LogP contribution in [0, 0.1) is 0 Å². The predicted molar refractivity (Wildman–Crippen MR) is 101 cm³/mol. The minimum Gasteiger partial charge on any atom is -0.508 e. The summed E-state index contributed by atoms with van der Waals surface area (Å²) in [6, 6.07) is 10.2. The summed E-state index contributed by atoms with van der Waals surface area (Å²) in [5, 5.41) is 16.9. The van der Waals surface area contributed by atoms with Crippen LogP contribution in [0.1, 0.15) is 27.2 Å². The molecule has 3 aromatic rings. The fourth-order valence-corrected chi connectivity index (χ4v) is 3.43. The number of H-pyrrole nitrogens is 1. The van der Waals surface area contributed by atoms with E-state index in [-0.39, 0.29) is 33.3 Å². The van der Waals surface area contributed by atoms with E-state index in [1.54, 1.807) is 6.07 Å². The number of aromatic amines is 1. The number of aromatic hydroxyl groups is 1. The number of phenolic OH excluding ortho intramolecular Hbond substituents is 1. The topological polar surface area (TPSA) is 83.0 Å². The number of benzene rings is 2. The minimum atomic E-state index is -0.396. The first-order chi connectivity index (χ1) is 12.3. The molecule has 8 heteroatoms. The highest BCUT2D eigenvalue weighted by atomic mass is 35.5. The Kier molecular flexibility index (Phi) is 5.32. The summed E-state index contributed by atoms with van der Waals surface area (Å²) in [6.07, 6.45) is 0.228. The number of carbonyl (C=O) groups is 1. The molecule has 3 rings (SSSR count). The Labute approximate surface area is 163 Å². The fourth-order valence-electron chi connectivity index (χ4n) is 2.44. The van der Waals surface area contributed by atoms with Gasteiger partial charge in [-0.05, 0) is 36.4 Å². The predicted octanol–water partition coefficient (Wildman–Crippen LogP) is 4.26. The van der Waals surface area contributed by atoms with E-state index >= 15 is 0 Å². The summed E-state index contributed by atoms with van der Waals surface area (Å²) >= 11 is 18.1. The Morgan fingerprint density at radius 3 is 2.35 bits per heavy atom. The van der Waals surface area contributed by atoms with Gasteiger partial charge in [0.15, 0.2) is 5.78 Å². The lowest BCUT2D eigenvalue weighted by molar-refractivity contribution is 0.103. The van der Waals surface area contributed by atoms with Crippen molar-refractivity contribution in [3.8, 4) is 5.75 Å². The zero-order chi connectivity index (χ0) is 18.8. The maximum Gasteiger partial charge on any atom is 0.264 e. The second kappa shape index (κ2) is 7.50. The average molecular weight is 410 g/mol. The third-order valence-corrected chi connectivity index (χ3v) is 4.50. The molecule has 0 aliphatic heterocycles. The molecule has 0 amide bonds. The van der Waals surface area contributed by atoms with Crippen LogP contribution in [0.3, 0.4) is 0 Å². The largest absolute Gasteiger partial charge is 0.508 e. The molecule has 0 bridgehead atoms. The van der Waals surface area contributed by atoms with Crippen molar-refractivity contribution in [1.29, 1.82) is 0 Å². The molecule has 0 aliphatic rings. The number of rotatable bonds is 4. The molecule has 0 unspecified atom stereocenters. The van der Waals surface area contributed by atoms with Crippen molar-refractivity contribution < 1.29 is 9.90 Å². The monoisotopic (exact) mass is 408 g/mol. The van der Waals surface area contributed by atoms with Gasteiger partial charge < -0.3 is 5.11 Å². The highest BCUT2D eigenvalue weighted by Gasteiger charge is 2.19. The number of hydrogen-bond acceptors (Lipinski definition) is 4. The Bertz CT molecular complexity index is 1020. The molecule has 26 heavy (non-hydrogen) atoms. The van der Waals surface area contributed by atoms with Crippen LogP contribution in [0.15, 0.2) is 47.3 Å². The van der Waals surface area contributed by atoms with Crippen LogP contribution in [0.25, 0.3) is 0 Å². The van der Waals surface area contributed by atoms with Crippen molar-refractivity contribution >= 4 is 40.6 Å². The van der Waals surface area contributed by atoms with Crippen LogP contribution in [0.4, 0.5) is 0 Å². The lowest BCUT2D eigenvalue weighted by atomic mass is 9.98. The minimum absolute atomic E-state index is 0.00264. The van der Waals surface area contributed by atoms with Gasteiger partial charge in [0.2, 0.25) is 0 Å². The summed E-state index contributed by atoms with van der Waals surface area (Å²) in [6.45, 7) is 0. The first-order valence-corrected chi connectivity index (χ1v) is 8.54. The normalized spacial score (nSPS) is 10.7. The SMILES string of the molecule is O=C(c1ccc(O)c(Cc2ccc(=O)[nH]n2)c1)c1c(Cl)cc(Cl)cc1Cl. The number of phenols is 1. The van der Waals surface area contributed by atoms with Crippen LogP contribution in [0.5, 0.6) is 5.75 Å². The molecule has 0 fully saturated rings. The van der Waals surface area contributed by atoms with Gasteiger partial charge in [0, 0.05) is 28.6 Å². The van der Waals surface area contributed by atoms with E-state index in [0.717, 1.165) is 0 Å². The Morgan fingerprint density at radius 1 is 1.04 bits per heavy atom. The van der Waals surface area contributed by atoms with Crippen molar-refractivity contribution in [2.75, 3.05) is 0 Å². The molecule has 2 aromatic carbocycles. The maximum atomic E-state index is 12.8. The van der Waals surface area contributed by atoms with Gasteiger partial charge >= 0.3 is 0 Å². The summed E-state index contributed by atoms with van der Waals surface area (Å²) in [5.74, 6) is -0.393. The first-order valence-electron chi connectivity index (χ1n) is 7.41. The molecule has 5 nitrogen and oxygen atoms in total. The highest BCUT2D eigenvalue weighted by molar-refractivity contribution is 6.43. The van der Waals surface area contributed by atoms with Gasteiger partial charge in [0.1, 0.15) is 5.75 Å². The average Bonchev–Trinajstić information content (AvgIpc) is 2.57. The molecule has 0 spiro atoms. The summed E-state index contributed by atoms with van der Waals surface area (Å²) < 4.78 is 0. The fraction of sp³-hybridized carbons (Fsp3) is 0.0556. The molecule has 0 saturated heterocycles. The Hall–Kier alpha value is -2.34. The van der Waals surface area contributed by atoms with Crippen molar-refractivity contribution in [3.63, 3.8) is 0 Å². The second-order valence-corrected chi connectivity index (χ2v) is 6.76. The maximum absolute atomic E-state index is 12.8. The van der Waals surface area contributed by atoms with E-state index in [1.165, 1.54) is 36.4 Å². The summed E-state index contributed by atoms with van der Waals surface area (Å²) in [5.41, 5.74) is 1.11. The number of hydrogen-bond donors (Lipinski definition) is 2. The van der Waals surface area contributed by atoms with Crippen LogP contribution >= 0.6 is 34.8 Å². The van der Waals surface area contributed by atoms with Crippen molar-refractivity contribution in [1.82, 2.24) is 10.2 Å². The molecule has 132 valence electrons. The standard InChI is InChI=1S/C18H11Cl3N2O3/c19-11-7-13(20)17(14(21)8-11)18(26)9-1-3-15(24)10(5-9)6-12-2-4-16(25)23-22-12/h1-5,7-8,24H,6H2,(H,23,25). The molecular formula is C18H11Cl3N2O3. The van der Waals surface area contributed by atoms with Gasteiger partial charge in [-0.25, -0.2) is 5.10 Å². The second-order valence-electron chi connectivity index (χ2n) is 5.51. The van der Waals surface area contributed by atoms with E-state index in [9.17, 15) is 14.7 Å². The highest BCUT2D eigenvalue weighted by Crippen LogP contribution is 2.32. The van der Waals surface area contributed by atoms with Crippen LogP contribution in [-0.2, 0) is 6.42 Å².